The van der Waals surface area contributed by atoms with E-state index >= 15 is 0 Å². The van der Waals surface area contributed by atoms with Gasteiger partial charge >= 0.3 is 0 Å². The Kier molecular flexibility index (Phi) is 4.52. The van der Waals surface area contributed by atoms with Crippen molar-refractivity contribution in [1.29, 1.82) is 0 Å². The lowest BCUT2D eigenvalue weighted by Gasteiger charge is -2.11. The van der Waals surface area contributed by atoms with E-state index in [2.05, 4.69) is 34.8 Å². The van der Waals surface area contributed by atoms with Crippen molar-refractivity contribution in [2.24, 2.45) is 5.92 Å². The van der Waals surface area contributed by atoms with Crippen molar-refractivity contribution in [3.05, 3.63) is 29.8 Å². The van der Waals surface area contributed by atoms with Gasteiger partial charge in [0.1, 0.15) is 5.82 Å². The van der Waals surface area contributed by atoms with Gasteiger partial charge in [0.25, 0.3) is 0 Å². The van der Waals surface area contributed by atoms with E-state index in [4.69, 9.17) is 0 Å². The van der Waals surface area contributed by atoms with Gasteiger partial charge in [0, 0.05) is 17.4 Å². The normalized spacial score (nSPS) is 13.2. The first kappa shape index (κ1) is 11.6. The summed E-state index contributed by atoms with van der Waals surface area (Å²) in [7, 11) is 0. The molecule has 1 nitrogen and oxygen atoms in total. The minimum Gasteiger partial charge on any atom is -0.258 e. The molecule has 1 rings (SSSR count). The molecule has 0 aromatic carbocycles. The summed E-state index contributed by atoms with van der Waals surface area (Å²) in [6.07, 6.45) is 3.33. The quantitative estimate of drug-likeness (QED) is 0.754. The van der Waals surface area contributed by atoms with Crippen molar-refractivity contribution in [3.63, 3.8) is 0 Å². The van der Waals surface area contributed by atoms with Crippen molar-refractivity contribution < 1.29 is 4.39 Å². The van der Waals surface area contributed by atoms with Crippen LogP contribution >= 0.6 is 15.9 Å². The number of hydrogen-bond acceptors (Lipinski definition) is 1. The smallest absolute Gasteiger partial charge is 0.144 e. The van der Waals surface area contributed by atoms with Crippen LogP contribution in [0.3, 0.4) is 0 Å². The molecule has 0 spiro atoms. The van der Waals surface area contributed by atoms with Crippen molar-refractivity contribution in [3.8, 4) is 0 Å². The van der Waals surface area contributed by atoms with E-state index in [9.17, 15) is 4.39 Å². The van der Waals surface area contributed by atoms with Crippen LogP contribution in [-0.4, -0.2) is 9.81 Å². The summed E-state index contributed by atoms with van der Waals surface area (Å²) in [6.45, 7) is 4.31. The number of halogens is 2. The number of aromatic nitrogens is 1. The fourth-order valence-electron chi connectivity index (χ4n) is 1.37. The molecule has 0 radical (unpaired) electrons. The molecule has 1 aromatic heterocycles. The summed E-state index contributed by atoms with van der Waals surface area (Å²) < 4.78 is 13.2. The third-order valence-corrected chi connectivity index (χ3v) is 2.67. The fraction of sp³-hybridized carbons (Fsp3) is 0.545. The molecule has 78 valence electrons. The Labute approximate surface area is 92.9 Å². The second-order valence-corrected chi connectivity index (χ2v) is 5.16. The maximum Gasteiger partial charge on any atom is 0.144 e. The zero-order valence-corrected chi connectivity index (χ0v) is 10.1. The molecule has 1 atom stereocenters. The Bertz CT molecular complexity index is 288. The second-order valence-electron chi connectivity index (χ2n) is 3.86. The number of pyridine rings is 1. The Morgan fingerprint density at radius 1 is 1.50 bits per heavy atom. The summed E-state index contributed by atoms with van der Waals surface area (Å²) in [4.78, 5) is 4.33. The number of rotatable bonds is 4. The first-order valence-electron chi connectivity index (χ1n) is 4.83. The van der Waals surface area contributed by atoms with Crippen LogP contribution in [-0.2, 0) is 6.42 Å². The van der Waals surface area contributed by atoms with Crippen LogP contribution in [0.15, 0.2) is 18.3 Å². The average molecular weight is 260 g/mol. The molecule has 0 amide bonds. The molecule has 1 aromatic rings. The zero-order valence-electron chi connectivity index (χ0n) is 8.50. The Morgan fingerprint density at radius 3 is 2.79 bits per heavy atom. The van der Waals surface area contributed by atoms with E-state index in [0.717, 1.165) is 6.42 Å². The van der Waals surface area contributed by atoms with E-state index in [-0.39, 0.29) is 5.82 Å². The molecule has 0 saturated heterocycles. The molecule has 1 unspecified atom stereocenters. The van der Waals surface area contributed by atoms with Crippen molar-refractivity contribution in [2.45, 2.75) is 31.5 Å². The van der Waals surface area contributed by atoms with Crippen LogP contribution in [0.25, 0.3) is 0 Å². The highest BCUT2D eigenvalue weighted by molar-refractivity contribution is 9.09. The molecule has 0 aliphatic heterocycles. The average Bonchev–Trinajstić information content (AvgIpc) is 2.07. The highest BCUT2D eigenvalue weighted by atomic mass is 79.9. The molecule has 0 aliphatic carbocycles. The Morgan fingerprint density at radius 2 is 2.21 bits per heavy atom. The number of nitrogens with zero attached hydrogens (tertiary/aromatic N) is 1. The van der Waals surface area contributed by atoms with Gasteiger partial charge in [-0.15, -0.1) is 0 Å². The fourth-order valence-corrected chi connectivity index (χ4v) is 2.43. The third kappa shape index (κ3) is 3.74. The summed E-state index contributed by atoms with van der Waals surface area (Å²) in [6, 6.07) is 3.07. The van der Waals surface area contributed by atoms with Gasteiger partial charge in [0.15, 0.2) is 0 Å². The molecular weight excluding hydrogens is 245 g/mol. The van der Waals surface area contributed by atoms with Gasteiger partial charge in [0.2, 0.25) is 0 Å². The Hall–Kier alpha value is -0.440. The maximum atomic E-state index is 13.2. The topological polar surface area (TPSA) is 12.9 Å². The molecule has 0 bridgehead atoms. The van der Waals surface area contributed by atoms with Gasteiger partial charge < -0.3 is 0 Å². The van der Waals surface area contributed by atoms with E-state index < -0.39 is 0 Å². The van der Waals surface area contributed by atoms with Gasteiger partial charge in [-0.3, -0.25) is 4.98 Å². The van der Waals surface area contributed by atoms with Crippen LogP contribution < -0.4 is 0 Å². The summed E-state index contributed by atoms with van der Waals surface area (Å²) in [5.41, 5.74) is 0.551. The first-order chi connectivity index (χ1) is 6.59. The molecule has 0 N–H and O–H groups in total. The van der Waals surface area contributed by atoms with Gasteiger partial charge in [-0.1, -0.05) is 29.8 Å². The van der Waals surface area contributed by atoms with Crippen LogP contribution in [0.5, 0.6) is 0 Å². The lowest BCUT2D eigenvalue weighted by molar-refractivity contribution is 0.549. The molecule has 0 saturated carbocycles. The van der Waals surface area contributed by atoms with Crippen LogP contribution in [0.2, 0.25) is 0 Å². The van der Waals surface area contributed by atoms with Crippen LogP contribution in [0.1, 0.15) is 26.0 Å². The van der Waals surface area contributed by atoms with Gasteiger partial charge in [-0.05, 0) is 24.5 Å². The van der Waals surface area contributed by atoms with Crippen molar-refractivity contribution in [2.75, 3.05) is 0 Å². The SMILES string of the molecule is CC(C)CC(Br)Cc1ncccc1F. The maximum absolute atomic E-state index is 13.2. The summed E-state index contributed by atoms with van der Waals surface area (Å²) >= 11 is 3.54. The molecular formula is C11H15BrFN. The minimum atomic E-state index is -0.208. The van der Waals surface area contributed by atoms with Crippen LogP contribution in [0.4, 0.5) is 4.39 Å². The predicted octanol–water partition coefficient (Wildman–Crippen LogP) is 3.57. The van der Waals surface area contributed by atoms with Gasteiger partial charge in [-0.2, -0.15) is 0 Å². The molecule has 14 heavy (non-hydrogen) atoms. The first-order valence-corrected chi connectivity index (χ1v) is 5.74. The highest BCUT2D eigenvalue weighted by Crippen LogP contribution is 2.18. The predicted molar refractivity (Wildman–Crippen MR) is 60.1 cm³/mol. The molecule has 0 fully saturated rings. The lowest BCUT2D eigenvalue weighted by Crippen LogP contribution is -2.09. The molecule has 0 aliphatic rings. The second kappa shape index (κ2) is 5.44. The number of alkyl halides is 1. The van der Waals surface area contributed by atoms with Gasteiger partial charge in [-0.25, -0.2) is 4.39 Å². The van der Waals surface area contributed by atoms with Crippen molar-refractivity contribution >= 4 is 15.9 Å². The van der Waals surface area contributed by atoms with E-state index in [1.165, 1.54) is 6.07 Å². The largest absolute Gasteiger partial charge is 0.258 e. The summed E-state index contributed by atoms with van der Waals surface area (Å²) in [5, 5.41) is 0. The van der Waals surface area contributed by atoms with E-state index in [1.54, 1.807) is 12.3 Å². The zero-order chi connectivity index (χ0) is 10.6. The highest BCUT2D eigenvalue weighted by Gasteiger charge is 2.11. The van der Waals surface area contributed by atoms with E-state index in [1.807, 2.05) is 0 Å². The standard InChI is InChI=1S/C11H15BrFN/c1-8(2)6-9(12)7-11-10(13)4-3-5-14-11/h3-5,8-9H,6-7H2,1-2H3. The van der Waals surface area contributed by atoms with Crippen molar-refractivity contribution in [1.82, 2.24) is 4.98 Å². The lowest BCUT2D eigenvalue weighted by atomic mass is 10.0. The molecule has 3 heteroatoms. The minimum absolute atomic E-state index is 0.208. The monoisotopic (exact) mass is 259 g/mol. The summed E-state index contributed by atoms with van der Waals surface area (Å²) in [5.74, 6) is 0.409. The van der Waals surface area contributed by atoms with E-state index in [0.29, 0.717) is 22.9 Å². The molecule has 1 heterocycles. The third-order valence-electron chi connectivity index (χ3n) is 1.98. The van der Waals surface area contributed by atoms with Gasteiger partial charge in [0.05, 0.1) is 5.69 Å². The Balaban J connectivity index is 2.56. The number of hydrogen-bond donors (Lipinski definition) is 0. The van der Waals surface area contributed by atoms with Crippen LogP contribution in [0, 0.1) is 11.7 Å².